The summed E-state index contributed by atoms with van der Waals surface area (Å²) in [5, 5.41) is 6.11. The maximum absolute atomic E-state index is 11.5. The van der Waals surface area contributed by atoms with Gasteiger partial charge in [0.25, 0.3) is 0 Å². The molecule has 1 aromatic heterocycles. The van der Waals surface area contributed by atoms with Gasteiger partial charge in [-0.15, -0.1) is 0 Å². The third-order valence-electron chi connectivity index (χ3n) is 4.62. The van der Waals surface area contributed by atoms with Gasteiger partial charge in [0.05, 0.1) is 24.5 Å². The van der Waals surface area contributed by atoms with Crippen molar-refractivity contribution >= 4 is 33.3 Å². The largest absolute Gasteiger partial charge is 0.367 e. The highest BCUT2D eigenvalue weighted by Gasteiger charge is 2.18. The number of anilines is 2. The molecule has 0 spiro atoms. The second kappa shape index (κ2) is 8.08. The van der Waals surface area contributed by atoms with Crippen molar-refractivity contribution in [3.63, 3.8) is 0 Å². The van der Waals surface area contributed by atoms with Crippen molar-refractivity contribution in [3.8, 4) is 11.3 Å². The van der Waals surface area contributed by atoms with Crippen LogP contribution >= 0.6 is 15.9 Å². The summed E-state index contributed by atoms with van der Waals surface area (Å²) in [5.41, 5.74) is 11.0. The molecule has 7 heteroatoms. The number of carbonyl (C=O) groups is 1. The van der Waals surface area contributed by atoms with Crippen LogP contribution < -0.4 is 16.4 Å². The molecular weight excluding hydrogens is 418 g/mol. The molecule has 2 heterocycles. The van der Waals surface area contributed by atoms with Gasteiger partial charge in [-0.05, 0) is 41.8 Å². The molecule has 4 N–H and O–H groups in total. The van der Waals surface area contributed by atoms with Crippen LogP contribution in [-0.4, -0.2) is 28.5 Å². The lowest BCUT2D eigenvalue weighted by Crippen LogP contribution is -2.31. The fourth-order valence-corrected chi connectivity index (χ4v) is 3.47. The van der Waals surface area contributed by atoms with Crippen molar-refractivity contribution < 1.29 is 4.79 Å². The van der Waals surface area contributed by atoms with Gasteiger partial charge >= 0.3 is 0 Å². The van der Waals surface area contributed by atoms with E-state index in [2.05, 4.69) is 48.7 Å². The van der Waals surface area contributed by atoms with E-state index in [1.165, 1.54) is 5.56 Å². The Kier molecular flexibility index (Phi) is 5.36. The number of fused-ring (bicyclic) bond motifs is 1. The first-order valence-electron chi connectivity index (χ1n) is 9.06. The van der Waals surface area contributed by atoms with Crippen LogP contribution in [0.25, 0.3) is 11.3 Å². The highest BCUT2D eigenvalue weighted by atomic mass is 79.9. The zero-order valence-corrected chi connectivity index (χ0v) is 16.7. The summed E-state index contributed by atoms with van der Waals surface area (Å²) in [6, 6.07) is 14.0. The van der Waals surface area contributed by atoms with Crippen LogP contribution in [0.3, 0.4) is 0 Å². The summed E-state index contributed by atoms with van der Waals surface area (Å²) >= 11 is 3.44. The molecule has 1 aliphatic heterocycles. The normalized spacial score (nSPS) is 13.7. The molecule has 1 unspecified atom stereocenters. The zero-order chi connectivity index (χ0) is 19.5. The maximum Gasteiger partial charge on any atom is 0.228 e. The van der Waals surface area contributed by atoms with E-state index in [-0.39, 0.29) is 11.9 Å². The summed E-state index contributed by atoms with van der Waals surface area (Å²) in [6.07, 6.45) is 4.59. The molecule has 6 nitrogen and oxygen atoms in total. The first-order chi connectivity index (χ1) is 13.6. The Balaban J connectivity index is 1.41. The monoisotopic (exact) mass is 437 g/mol. The third-order valence-corrected chi connectivity index (χ3v) is 5.15. The minimum Gasteiger partial charge on any atom is -0.367 e. The molecule has 142 valence electrons. The van der Waals surface area contributed by atoms with E-state index < -0.39 is 0 Å². The van der Waals surface area contributed by atoms with Crippen LogP contribution in [0, 0.1) is 0 Å². The van der Waals surface area contributed by atoms with Gasteiger partial charge < -0.3 is 16.4 Å². The molecule has 0 bridgehead atoms. The summed E-state index contributed by atoms with van der Waals surface area (Å²) in [4.78, 5) is 20.5. The van der Waals surface area contributed by atoms with Crippen molar-refractivity contribution in [2.75, 3.05) is 17.2 Å². The highest BCUT2D eigenvalue weighted by Crippen LogP contribution is 2.28. The molecule has 1 aliphatic rings. The summed E-state index contributed by atoms with van der Waals surface area (Å²) in [5.74, 6) is 0.701. The van der Waals surface area contributed by atoms with Crippen molar-refractivity contribution in [2.24, 2.45) is 5.73 Å². The van der Waals surface area contributed by atoms with Crippen LogP contribution in [0.15, 0.2) is 59.3 Å². The second-order valence-electron chi connectivity index (χ2n) is 6.86. The molecule has 0 fully saturated rings. The predicted molar refractivity (Wildman–Crippen MR) is 114 cm³/mol. The van der Waals surface area contributed by atoms with Crippen LogP contribution in [0.4, 0.5) is 11.5 Å². The Morgan fingerprint density at radius 3 is 2.82 bits per heavy atom. The fourth-order valence-electron chi connectivity index (χ4n) is 3.21. The Bertz CT molecular complexity index is 1010. The van der Waals surface area contributed by atoms with Gasteiger partial charge in [-0.3, -0.25) is 9.78 Å². The number of nitrogens with zero attached hydrogens (tertiary/aromatic N) is 2. The van der Waals surface area contributed by atoms with Gasteiger partial charge in [-0.25, -0.2) is 4.98 Å². The van der Waals surface area contributed by atoms with E-state index in [1.807, 2.05) is 30.3 Å². The Morgan fingerprint density at radius 2 is 2.00 bits per heavy atom. The SMILES string of the molecule is NC(CNc1cncc(-c2ccc3c(c2)CC(=O)N3)n1)Cc1ccc(Br)cc1. The third kappa shape index (κ3) is 4.37. The number of hydrogen-bond acceptors (Lipinski definition) is 5. The molecule has 3 aromatic rings. The van der Waals surface area contributed by atoms with Crippen LogP contribution in [-0.2, 0) is 17.6 Å². The molecular formula is C21H20BrN5O. The molecule has 0 saturated heterocycles. The number of benzene rings is 2. The van der Waals surface area contributed by atoms with E-state index in [9.17, 15) is 4.79 Å². The molecule has 0 aliphatic carbocycles. The quantitative estimate of drug-likeness (QED) is 0.549. The molecule has 0 saturated carbocycles. The molecule has 4 rings (SSSR count). The average molecular weight is 438 g/mol. The smallest absolute Gasteiger partial charge is 0.228 e. The van der Waals surface area contributed by atoms with Gasteiger partial charge in [-0.2, -0.15) is 0 Å². The van der Waals surface area contributed by atoms with Crippen molar-refractivity contribution in [2.45, 2.75) is 18.9 Å². The lowest BCUT2D eigenvalue weighted by Gasteiger charge is -2.14. The fraction of sp³-hybridized carbons (Fsp3) is 0.190. The average Bonchev–Trinajstić information content (AvgIpc) is 3.07. The zero-order valence-electron chi connectivity index (χ0n) is 15.2. The molecule has 2 aromatic carbocycles. The maximum atomic E-state index is 11.5. The van der Waals surface area contributed by atoms with E-state index in [0.717, 1.165) is 33.4 Å². The molecule has 28 heavy (non-hydrogen) atoms. The summed E-state index contributed by atoms with van der Waals surface area (Å²) < 4.78 is 1.06. The van der Waals surface area contributed by atoms with E-state index in [4.69, 9.17) is 5.73 Å². The standard InChI is InChI=1S/C21H20BrN5O/c22-16-4-1-13(2-5-16)7-17(23)10-25-20-12-24-11-19(26-20)14-3-6-18-15(8-14)9-21(28)27-18/h1-6,8,11-12,17H,7,9-10,23H2,(H,25,26)(H,27,28). The molecule has 1 atom stereocenters. The number of hydrogen-bond donors (Lipinski definition) is 3. The van der Waals surface area contributed by atoms with Gasteiger partial charge in [0, 0.05) is 28.3 Å². The number of aromatic nitrogens is 2. The Morgan fingerprint density at radius 1 is 1.18 bits per heavy atom. The molecule has 1 amide bonds. The number of nitrogens with two attached hydrogens (primary N) is 1. The van der Waals surface area contributed by atoms with Crippen molar-refractivity contribution in [1.29, 1.82) is 0 Å². The van der Waals surface area contributed by atoms with Gasteiger partial charge in [0.1, 0.15) is 5.82 Å². The minimum absolute atomic E-state index is 0.0217. The van der Waals surface area contributed by atoms with Crippen molar-refractivity contribution in [1.82, 2.24) is 9.97 Å². The lowest BCUT2D eigenvalue weighted by atomic mass is 10.1. The van der Waals surface area contributed by atoms with E-state index in [1.54, 1.807) is 12.4 Å². The van der Waals surface area contributed by atoms with E-state index >= 15 is 0 Å². The number of carbonyl (C=O) groups excluding carboxylic acids is 1. The van der Waals surface area contributed by atoms with Crippen LogP contribution in [0.1, 0.15) is 11.1 Å². The summed E-state index contributed by atoms with van der Waals surface area (Å²) in [6.45, 7) is 0.594. The summed E-state index contributed by atoms with van der Waals surface area (Å²) in [7, 11) is 0. The number of amides is 1. The highest BCUT2D eigenvalue weighted by molar-refractivity contribution is 9.10. The topological polar surface area (TPSA) is 92.9 Å². The van der Waals surface area contributed by atoms with Gasteiger partial charge in [0.2, 0.25) is 5.91 Å². The first kappa shape index (κ1) is 18.6. The first-order valence-corrected chi connectivity index (χ1v) is 9.85. The van der Waals surface area contributed by atoms with Crippen LogP contribution in [0.5, 0.6) is 0 Å². The second-order valence-corrected chi connectivity index (χ2v) is 7.77. The number of halogens is 1. The minimum atomic E-state index is -0.0382. The van der Waals surface area contributed by atoms with Gasteiger partial charge in [-0.1, -0.05) is 34.1 Å². The van der Waals surface area contributed by atoms with E-state index in [0.29, 0.717) is 18.8 Å². The van der Waals surface area contributed by atoms with Crippen molar-refractivity contribution in [3.05, 3.63) is 70.5 Å². The Hall–Kier alpha value is -2.77. The van der Waals surface area contributed by atoms with Crippen LogP contribution in [0.2, 0.25) is 0 Å². The lowest BCUT2D eigenvalue weighted by molar-refractivity contribution is -0.115. The van der Waals surface area contributed by atoms with Gasteiger partial charge in [0.15, 0.2) is 0 Å². The number of rotatable bonds is 6. The Labute approximate surface area is 171 Å². The molecule has 0 radical (unpaired) electrons. The predicted octanol–water partition coefficient (Wildman–Crippen LogP) is 3.38. The number of nitrogens with one attached hydrogen (secondary N) is 2.